The molecule has 1 aromatic heterocycles. The molecule has 0 spiro atoms. The molecule has 1 aromatic carbocycles. The number of benzene rings is 1. The Morgan fingerprint density at radius 3 is 2.55 bits per heavy atom. The summed E-state index contributed by atoms with van der Waals surface area (Å²) >= 11 is 0. The van der Waals surface area contributed by atoms with Gasteiger partial charge in [0.1, 0.15) is 5.75 Å². The molecule has 0 amide bonds. The van der Waals surface area contributed by atoms with Crippen molar-refractivity contribution in [1.29, 1.82) is 0 Å². The highest BCUT2D eigenvalue weighted by Crippen LogP contribution is 2.27. The van der Waals surface area contributed by atoms with E-state index in [9.17, 15) is 17.6 Å². The molecule has 0 saturated heterocycles. The molecule has 1 aliphatic carbocycles. The molecule has 1 saturated carbocycles. The number of nitrogens with one attached hydrogen (secondary N) is 2. The Balaban J connectivity index is 1.60. The Hall–Kier alpha value is -2.62. The van der Waals surface area contributed by atoms with Crippen molar-refractivity contribution in [3.8, 4) is 5.75 Å². The minimum Gasteiger partial charge on any atom is -0.405 e. The molecule has 0 atom stereocenters. The summed E-state index contributed by atoms with van der Waals surface area (Å²) in [7, 11) is 0. The van der Waals surface area contributed by atoms with Crippen molar-refractivity contribution in [3.05, 3.63) is 41.8 Å². The zero-order valence-corrected chi connectivity index (χ0v) is 15.7. The maximum Gasteiger partial charge on any atom is 0.573 e. The van der Waals surface area contributed by atoms with Crippen LogP contribution in [0, 0.1) is 11.7 Å². The summed E-state index contributed by atoms with van der Waals surface area (Å²) < 4.78 is 55.6. The van der Waals surface area contributed by atoms with Crippen molar-refractivity contribution in [2.24, 2.45) is 11.7 Å². The number of aromatic nitrogens is 2. The molecule has 29 heavy (non-hydrogen) atoms. The highest BCUT2D eigenvalue weighted by molar-refractivity contribution is 5.42. The lowest BCUT2D eigenvalue weighted by atomic mass is 9.86. The van der Waals surface area contributed by atoms with Gasteiger partial charge in [-0.2, -0.15) is 4.98 Å². The Morgan fingerprint density at radius 2 is 1.83 bits per heavy atom. The Morgan fingerprint density at radius 1 is 1.10 bits per heavy atom. The van der Waals surface area contributed by atoms with Crippen molar-refractivity contribution >= 4 is 11.8 Å². The lowest BCUT2D eigenvalue weighted by Gasteiger charge is -2.26. The third-order valence-electron chi connectivity index (χ3n) is 4.83. The smallest absolute Gasteiger partial charge is 0.405 e. The van der Waals surface area contributed by atoms with E-state index in [0.717, 1.165) is 31.9 Å². The molecular weight excluding hydrogens is 390 g/mol. The van der Waals surface area contributed by atoms with Gasteiger partial charge in [0.15, 0.2) is 11.6 Å². The van der Waals surface area contributed by atoms with Crippen LogP contribution in [0.25, 0.3) is 0 Å². The number of halogens is 4. The summed E-state index contributed by atoms with van der Waals surface area (Å²) in [5.74, 6) is -0.363. The van der Waals surface area contributed by atoms with Crippen LogP contribution >= 0.6 is 0 Å². The number of rotatable bonds is 7. The maximum absolute atomic E-state index is 14.0. The Bertz CT molecular complexity index is 809. The van der Waals surface area contributed by atoms with E-state index in [1.54, 1.807) is 6.07 Å². The standard InChI is InChI=1S/C19H23F4N5O/c20-15-11-27-18(28-17(15)25-9-12-5-7-14(24)8-6-12)26-10-13-3-1-2-4-16(13)29-19(21,22)23/h1-4,11-12,14H,5-10,24H2,(H2,25,26,27,28). The van der Waals surface area contributed by atoms with E-state index in [0.29, 0.717) is 12.5 Å². The van der Waals surface area contributed by atoms with Gasteiger partial charge in [0.2, 0.25) is 5.95 Å². The number of ether oxygens (including phenoxy) is 1. The molecule has 2 aromatic rings. The minimum atomic E-state index is -4.79. The first-order chi connectivity index (χ1) is 13.8. The largest absolute Gasteiger partial charge is 0.573 e. The quantitative estimate of drug-likeness (QED) is 0.594. The van der Waals surface area contributed by atoms with Gasteiger partial charge in [-0.25, -0.2) is 9.37 Å². The summed E-state index contributed by atoms with van der Waals surface area (Å²) in [6.07, 6.45) is 0.0781. The van der Waals surface area contributed by atoms with Crippen molar-refractivity contribution in [1.82, 2.24) is 9.97 Å². The molecule has 6 nitrogen and oxygen atoms in total. The lowest BCUT2D eigenvalue weighted by Crippen LogP contribution is -2.29. The van der Waals surface area contributed by atoms with Gasteiger partial charge >= 0.3 is 6.36 Å². The van der Waals surface area contributed by atoms with Gasteiger partial charge < -0.3 is 21.1 Å². The molecule has 0 aliphatic heterocycles. The van der Waals surface area contributed by atoms with Gasteiger partial charge in [-0.05, 0) is 37.7 Å². The Labute approximate surface area is 165 Å². The van der Waals surface area contributed by atoms with Crippen LogP contribution in [-0.2, 0) is 6.54 Å². The van der Waals surface area contributed by atoms with Gasteiger partial charge in [-0.15, -0.1) is 13.2 Å². The van der Waals surface area contributed by atoms with E-state index < -0.39 is 12.2 Å². The van der Waals surface area contributed by atoms with Crippen LogP contribution in [-0.4, -0.2) is 28.9 Å². The van der Waals surface area contributed by atoms with Crippen LogP contribution in [0.15, 0.2) is 30.5 Å². The van der Waals surface area contributed by atoms with Crippen LogP contribution in [0.3, 0.4) is 0 Å². The van der Waals surface area contributed by atoms with Crippen molar-refractivity contribution in [2.45, 2.75) is 44.6 Å². The average molecular weight is 413 g/mol. The van der Waals surface area contributed by atoms with Crippen molar-refractivity contribution in [2.75, 3.05) is 17.2 Å². The number of para-hydroxylation sites is 1. The summed E-state index contributed by atoms with van der Waals surface area (Å²) in [6.45, 7) is 0.556. The molecule has 0 bridgehead atoms. The minimum absolute atomic E-state index is 0.0160. The fourth-order valence-electron chi connectivity index (χ4n) is 3.26. The van der Waals surface area contributed by atoms with E-state index in [2.05, 4.69) is 25.3 Å². The molecule has 0 unspecified atom stereocenters. The number of alkyl halides is 3. The van der Waals surface area contributed by atoms with E-state index in [4.69, 9.17) is 5.73 Å². The van der Waals surface area contributed by atoms with Crippen LogP contribution in [0.2, 0.25) is 0 Å². The van der Waals surface area contributed by atoms with Crippen molar-refractivity contribution < 1.29 is 22.3 Å². The average Bonchev–Trinajstić information content (AvgIpc) is 2.67. The molecule has 1 heterocycles. The molecular formula is C19H23F4N5O. The molecule has 158 valence electrons. The number of nitrogens with zero attached hydrogens (tertiary/aromatic N) is 2. The number of hydrogen-bond donors (Lipinski definition) is 3. The van der Waals surface area contributed by atoms with Crippen molar-refractivity contribution in [3.63, 3.8) is 0 Å². The normalized spacial score (nSPS) is 19.6. The van der Waals surface area contributed by atoms with E-state index in [1.165, 1.54) is 18.2 Å². The van der Waals surface area contributed by atoms with Crippen LogP contribution in [0.4, 0.5) is 29.3 Å². The third-order valence-corrected chi connectivity index (χ3v) is 4.83. The van der Waals surface area contributed by atoms with Crippen LogP contribution in [0.5, 0.6) is 5.75 Å². The van der Waals surface area contributed by atoms with Gasteiger partial charge in [0, 0.05) is 24.7 Å². The summed E-state index contributed by atoms with van der Waals surface area (Å²) in [5, 5.41) is 5.80. The monoisotopic (exact) mass is 413 g/mol. The van der Waals surface area contributed by atoms with Gasteiger partial charge in [-0.1, -0.05) is 18.2 Å². The van der Waals surface area contributed by atoms with E-state index in [1.807, 2.05) is 0 Å². The first-order valence-corrected chi connectivity index (χ1v) is 9.39. The molecule has 1 fully saturated rings. The fourth-order valence-corrected chi connectivity index (χ4v) is 3.26. The van der Waals surface area contributed by atoms with Gasteiger partial charge in [0.05, 0.1) is 6.20 Å². The third kappa shape index (κ3) is 6.45. The van der Waals surface area contributed by atoms with Gasteiger partial charge in [-0.3, -0.25) is 0 Å². The number of anilines is 2. The summed E-state index contributed by atoms with van der Waals surface area (Å²) in [5.41, 5.74) is 6.16. The van der Waals surface area contributed by atoms with Crippen LogP contribution < -0.4 is 21.1 Å². The highest BCUT2D eigenvalue weighted by atomic mass is 19.4. The predicted molar refractivity (Wildman–Crippen MR) is 101 cm³/mol. The molecule has 4 N–H and O–H groups in total. The Kier molecular flexibility index (Phi) is 6.73. The van der Waals surface area contributed by atoms with E-state index in [-0.39, 0.29) is 35.7 Å². The first kappa shape index (κ1) is 21.1. The zero-order chi connectivity index (χ0) is 20.9. The second kappa shape index (κ2) is 9.25. The van der Waals surface area contributed by atoms with Gasteiger partial charge in [0.25, 0.3) is 0 Å². The topological polar surface area (TPSA) is 85.1 Å². The second-order valence-electron chi connectivity index (χ2n) is 7.06. The molecule has 10 heteroatoms. The predicted octanol–water partition coefficient (Wildman–Crippen LogP) is 4.06. The molecule has 3 rings (SSSR count). The second-order valence-corrected chi connectivity index (χ2v) is 7.06. The number of nitrogens with two attached hydrogens (primary N) is 1. The number of hydrogen-bond acceptors (Lipinski definition) is 6. The van der Waals surface area contributed by atoms with E-state index >= 15 is 0 Å². The fraction of sp³-hybridized carbons (Fsp3) is 0.474. The SMILES string of the molecule is NC1CCC(CNc2nc(NCc3ccccc3OC(F)(F)F)ncc2F)CC1. The summed E-state index contributed by atoms with van der Waals surface area (Å²) in [6, 6.07) is 5.99. The molecule has 0 radical (unpaired) electrons. The molecule has 1 aliphatic rings. The summed E-state index contributed by atoms with van der Waals surface area (Å²) in [4.78, 5) is 7.94. The lowest BCUT2D eigenvalue weighted by molar-refractivity contribution is -0.274. The maximum atomic E-state index is 14.0. The highest BCUT2D eigenvalue weighted by Gasteiger charge is 2.32. The van der Waals surface area contributed by atoms with Crippen LogP contribution in [0.1, 0.15) is 31.2 Å². The zero-order valence-electron chi connectivity index (χ0n) is 15.7. The first-order valence-electron chi connectivity index (χ1n) is 9.39.